The first-order valence-electron chi connectivity index (χ1n) is 9.89. The van der Waals surface area contributed by atoms with Crippen LogP contribution in [0.1, 0.15) is 36.8 Å². The molecule has 0 fully saturated rings. The average Bonchev–Trinajstić information content (AvgIpc) is 3.05. The summed E-state index contributed by atoms with van der Waals surface area (Å²) in [6, 6.07) is 7.99. The van der Waals surface area contributed by atoms with Crippen LogP contribution in [-0.4, -0.2) is 21.4 Å². The molecule has 2 aromatic heterocycles. The molecule has 3 heterocycles. The summed E-state index contributed by atoms with van der Waals surface area (Å²) in [6.45, 7) is 12.9. The van der Waals surface area contributed by atoms with Gasteiger partial charge in [-0.05, 0) is 37.0 Å². The van der Waals surface area contributed by atoms with E-state index in [0.717, 1.165) is 54.8 Å². The number of nitrogens with zero attached hydrogens (tertiary/aromatic N) is 2. The maximum Gasteiger partial charge on any atom is 0.267 e. The molecule has 0 saturated carbocycles. The van der Waals surface area contributed by atoms with E-state index in [1.807, 2.05) is 38.1 Å². The number of thioether (sulfide) groups is 1. The van der Waals surface area contributed by atoms with Gasteiger partial charge < -0.3 is 4.74 Å². The van der Waals surface area contributed by atoms with Crippen LogP contribution in [-0.2, 0) is 17.8 Å². The zero-order valence-corrected chi connectivity index (χ0v) is 19.0. The molecule has 0 radical (unpaired) electrons. The minimum atomic E-state index is 0.0235. The third-order valence-corrected chi connectivity index (χ3v) is 7.53. The van der Waals surface area contributed by atoms with Crippen LogP contribution in [0.5, 0.6) is 0 Å². The van der Waals surface area contributed by atoms with Gasteiger partial charge in [-0.25, -0.2) is 4.98 Å². The Labute approximate surface area is 179 Å². The van der Waals surface area contributed by atoms with Crippen LogP contribution in [0.3, 0.4) is 0 Å². The number of para-hydroxylation sites is 1. The zero-order chi connectivity index (χ0) is 20.7. The Bertz CT molecular complexity index is 1140. The Hall–Kier alpha value is -1.89. The molecule has 0 N–H and O–H groups in total. The number of thiophene rings is 1. The lowest BCUT2D eigenvalue weighted by atomic mass is 9.96. The second-order valence-corrected chi connectivity index (χ2v) is 10.1. The van der Waals surface area contributed by atoms with Gasteiger partial charge in [-0.1, -0.05) is 56.0 Å². The zero-order valence-electron chi connectivity index (χ0n) is 17.3. The van der Waals surface area contributed by atoms with Crippen molar-refractivity contribution in [1.29, 1.82) is 0 Å². The first-order chi connectivity index (χ1) is 13.9. The Balaban J connectivity index is 1.96. The summed E-state index contributed by atoms with van der Waals surface area (Å²) >= 11 is 3.17. The normalized spacial score (nSPS) is 16.4. The van der Waals surface area contributed by atoms with Crippen molar-refractivity contribution in [2.24, 2.45) is 5.92 Å². The molecule has 0 bridgehead atoms. The van der Waals surface area contributed by atoms with E-state index in [4.69, 9.17) is 9.72 Å². The number of ether oxygens (including phenoxy) is 1. The van der Waals surface area contributed by atoms with E-state index in [1.54, 1.807) is 27.7 Å². The number of benzene rings is 1. The highest BCUT2D eigenvalue weighted by Crippen LogP contribution is 2.36. The number of aryl methyl sites for hydroxylation is 1. The Morgan fingerprint density at radius 2 is 2.17 bits per heavy atom. The van der Waals surface area contributed by atoms with E-state index in [0.29, 0.717) is 12.5 Å². The SMILES string of the molecule is C=C(C)CSc1nc2sc3c(c2c(=O)n1-c1ccccc1C)C[C@H](C(C)C)OC3. The van der Waals surface area contributed by atoms with Gasteiger partial charge in [0.25, 0.3) is 5.56 Å². The highest BCUT2D eigenvalue weighted by Gasteiger charge is 2.28. The van der Waals surface area contributed by atoms with Crippen molar-refractivity contribution in [3.63, 3.8) is 0 Å². The van der Waals surface area contributed by atoms with E-state index in [-0.39, 0.29) is 11.7 Å². The van der Waals surface area contributed by atoms with Crippen molar-refractivity contribution in [2.45, 2.75) is 52.0 Å². The van der Waals surface area contributed by atoms with Crippen LogP contribution in [0.25, 0.3) is 15.9 Å². The van der Waals surface area contributed by atoms with Gasteiger partial charge in [-0.2, -0.15) is 0 Å². The monoisotopic (exact) mass is 426 g/mol. The van der Waals surface area contributed by atoms with Gasteiger partial charge in [0.05, 0.1) is 23.8 Å². The van der Waals surface area contributed by atoms with Gasteiger partial charge in [0, 0.05) is 17.1 Å². The molecule has 0 saturated heterocycles. The van der Waals surface area contributed by atoms with Gasteiger partial charge >= 0.3 is 0 Å². The summed E-state index contributed by atoms with van der Waals surface area (Å²) in [6.07, 6.45) is 0.916. The first kappa shape index (κ1) is 20.4. The highest BCUT2D eigenvalue weighted by molar-refractivity contribution is 7.99. The second-order valence-electron chi connectivity index (χ2n) is 8.05. The van der Waals surface area contributed by atoms with E-state index < -0.39 is 0 Å². The summed E-state index contributed by atoms with van der Waals surface area (Å²) in [4.78, 5) is 20.7. The fourth-order valence-corrected chi connectivity index (χ4v) is 5.66. The fourth-order valence-electron chi connectivity index (χ4n) is 3.65. The van der Waals surface area contributed by atoms with Crippen LogP contribution < -0.4 is 5.56 Å². The number of rotatable bonds is 5. The molecule has 0 spiro atoms. The van der Waals surface area contributed by atoms with Gasteiger partial charge in [0.15, 0.2) is 5.16 Å². The minimum absolute atomic E-state index is 0.0235. The van der Waals surface area contributed by atoms with Crippen LogP contribution in [0.15, 0.2) is 46.4 Å². The smallest absolute Gasteiger partial charge is 0.267 e. The number of hydrogen-bond donors (Lipinski definition) is 0. The van der Waals surface area contributed by atoms with Crippen LogP contribution in [0.2, 0.25) is 0 Å². The molecule has 1 aliphatic rings. The summed E-state index contributed by atoms with van der Waals surface area (Å²) in [5.74, 6) is 1.14. The Morgan fingerprint density at radius 3 is 2.86 bits per heavy atom. The fraction of sp³-hybridized carbons (Fsp3) is 0.391. The highest BCUT2D eigenvalue weighted by atomic mass is 32.2. The van der Waals surface area contributed by atoms with Crippen molar-refractivity contribution in [2.75, 3.05) is 5.75 Å². The van der Waals surface area contributed by atoms with Crippen LogP contribution in [0.4, 0.5) is 0 Å². The summed E-state index contributed by atoms with van der Waals surface area (Å²) in [5.41, 5.74) is 4.16. The largest absolute Gasteiger partial charge is 0.372 e. The molecule has 4 rings (SSSR count). The Morgan fingerprint density at radius 1 is 1.41 bits per heavy atom. The van der Waals surface area contributed by atoms with Crippen molar-refractivity contribution in [1.82, 2.24) is 9.55 Å². The summed E-state index contributed by atoms with van der Waals surface area (Å²) < 4.78 is 7.83. The predicted octanol–water partition coefficient (Wildman–Crippen LogP) is 5.52. The average molecular weight is 427 g/mol. The molecule has 4 nitrogen and oxygen atoms in total. The molecule has 29 heavy (non-hydrogen) atoms. The standard InChI is InChI=1S/C23H26N2O2S2/c1-13(2)12-28-23-24-21-20(16-10-18(14(3)4)27-11-19(16)29-21)22(26)25(23)17-9-7-6-8-15(17)5/h6-9,14,18H,1,10-12H2,2-5H3/t18-/m1/s1. The third-order valence-electron chi connectivity index (χ3n) is 5.26. The second kappa shape index (κ2) is 8.09. The summed E-state index contributed by atoms with van der Waals surface area (Å²) in [5, 5.41) is 1.49. The predicted molar refractivity (Wildman–Crippen MR) is 123 cm³/mol. The molecular weight excluding hydrogens is 400 g/mol. The Kier molecular flexibility index (Phi) is 5.69. The van der Waals surface area contributed by atoms with E-state index in [9.17, 15) is 4.79 Å². The van der Waals surface area contributed by atoms with Crippen molar-refractivity contribution >= 4 is 33.3 Å². The molecule has 1 aromatic carbocycles. The van der Waals surface area contributed by atoms with E-state index in [2.05, 4.69) is 20.4 Å². The minimum Gasteiger partial charge on any atom is -0.372 e. The first-order valence-corrected chi connectivity index (χ1v) is 11.7. The molecule has 3 aromatic rings. The molecular formula is C23H26N2O2S2. The third kappa shape index (κ3) is 3.81. The maximum atomic E-state index is 13.8. The van der Waals surface area contributed by atoms with Gasteiger partial charge in [-0.15, -0.1) is 11.3 Å². The topological polar surface area (TPSA) is 44.1 Å². The maximum absolute atomic E-state index is 13.8. The lowest BCUT2D eigenvalue weighted by Crippen LogP contribution is -2.28. The quantitative estimate of drug-likeness (QED) is 0.306. The molecule has 1 atom stereocenters. The lowest BCUT2D eigenvalue weighted by Gasteiger charge is -2.26. The van der Waals surface area contributed by atoms with Gasteiger partial charge in [-0.3, -0.25) is 9.36 Å². The molecule has 152 valence electrons. The lowest BCUT2D eigenvalue weighted by molar-refractivity contribution is 0.00200. The summed E-state index contributed by atoms with van der Waals surface area (Å²) in [7, 11) is 0. The van der Waals surface area contributed by atoms with Crippen molar-refractivity contribution < 1.29 is 4.74 Å². The number of aromatic nitrogens is 2. The molecule has 1 aliphatic heterocycles. The number of fused-ring (bicyclic) bond motifs is 3. The molecule has 0 unspecified atom stereocenters. The van der Waals surface area contributed by atoms with Crippen molar-refractivity contribution in [3.05, 3.63) is 62.8 Å². The van der Waals surface area contributed by atoms with Gasteiger partial charge in [0.2, 0.25) is 0 Å². The van der Waals surface area contributed by atoms with E-state index in [1.165, 1.54) is 0 Å². The molecule has 6 heteroatoms. The molecule has 0 amide bonds. The van der Waals surface area contributed by atoms with Crippen LogP contribution >= 0.6 is 23.1 Å². The van der Waals surface area contributed by atoms with Crippen LogP contribution in [0, 0.1) is 12.8 Å². The van der Waals surface area contributed by atoms with Gasteiger partial charge in [0.1, 0.15) is 4.83 Å². The van der Waals surface area contributed by atoms with E-state index >= 15 is 0 Å². The number of hydrogen-bond acceptors (Lipinski definition) is 5. The molecule has 0 aliphatic carbocycles. The van der Waals surface area contributed by atoms with Crippen molar-refractivity contribution in [3.8, 4) is 5.69 Å².